The van der Waals surface area contributed by atoms with E-state index in [-0.39, 0.29) is 5.91 Å². The molecule has 2 heteroatoms. The molecule has 0 N–H and O–H groups in total. The van der Waals surface area contributed by atoms with Gasteiger partial charge in [-0.15, -0.1) is 0 Å². The van der Waals surface area contributed by atoms with Crippen LogP contribution in [0, 0.1) is 5.92 Å². The summed E-state index contributed by atoms with van der Waals surface area (Å²) in [7, 11) is 0. The number of carbonyl (C=O) groups excluding carboxylic acids is 1. The lowest BCUT2D eigenvalue weighted by Gasteiger charge is -2.22. The van der Waals surface area contributed by atoms with Gasteiger partial charge in [-0.25, -0.2) is 0 Å². The van der Waals surface area contributed by atoms with Crippen LogP contribution in [0.15, 0.2) is 24.3 Å². The number of allylic oxidation sites excluding steroid dienone is 1. The molecular formula is C17H23NO. The van der Waals surface area contributed by atoms with E-state index in [1.807, 2.05) is 11.8 Å². The zero-order valence-corrected chi connectivity index (χ0v) is 12.1. The van der Waals surface area contributed by atoms with Crippen molar-refractivity contribution in [3.63, 3.8) is 0 Å². The van der Waals surface area contributed by atoms with E-state index in [1.165, 1.54) is 11.1 Å². The summed E-state index contributed by atoms with van der Waals surface area (Å²) >= 11 is 0. The lowest BCUT2D eigenvalue weighted by molar-refractivity contribution is -0.119. The largest absolute Gasteiger partial charge is 0.312 e. The van der Waals surface area contributed by atoms with Crippen molar-refractivity contribution in [2.45, 2.75) is 40.0 Å². The first-order valence-electron chi connectivity index (χ1n) is 7.26. The third-order valence-corrected chi connectivity index (χ3v) is 3.98. The first-order valence-corrected chi connectivity index (χ1v) is 7.26. The van der Waals surface area contributed by atoms with E-state index in [4.69, 9.17) is 0 Å². The Labute approximate surface area is 116 Å². The van der Waals surface area contributed by atoms with Gasteiger partial charge in [0.05, 0.1) is 0 Å². The van der Waals surface area contributed by atoms with Gasteiger partial charge in [0.15, 0.2) is 0 Å². The molecular weight excluding hydrogens is 234 g/mol. The van der Waals surface area contributed by atoms with Crippen molar-refractivity contribution >= 4 is 17.7 Å². The van der Waals surface area contributed by atoms with E-state index in [9.17, 15) is 4.79 Å². The van der Waals surface area contributed by atoms with Gasteiger partial charge in [0.2, 0.25) is 5.91 Å². The molecule has 1 unspecified atom stereocenters. The third-order valence-electron chi connectivity index (χ3n) is 3.98. The quantitative estimate of drug-likeness (QED) is 0.800. The first kappa shape index (κ1) is 13.9. The minimum absolute atomic E-state index is 0.269. The van der Waals surface area contributed by atoms with Crippen LogP contribution in [0.2, 0.25) is 0 Å². The van der Waals surface area contributed by atoms with Crippen LogP contribution in [0.25, 0.3) is 6.08 Å². The van der Waals surface area contributed by atoms with E-state index in [0.717, 1.165) is 25.1 Å². The molecule has 0 radical (unpaired) electrons. The second-order valence-electron chi connectivity index (χ2n) is 5.17. The summed E-state index contributed by atoms with van der Waals surface area (Å²) in [5, 5.41) is 0. The van der Waals surface area contributed by atoms with Crippen LogP contribution in [0.4, 0.5) is 5.69 Å². The number of amides is 1. The van der Waals surface area contributed by atoms with Crippen molar-refractivity contribution in [2.75, 3.05) is 11.4 Å². The predicted octanol–water partition coefficient (Wildman–Crippen LogP) is 4.05. The average Bonchev–Trinajstić information content (AvgIpc) is 2.55. The molecule has 0 aliphatic carbocycles. The Hall–Kier alpha value is -1.57. The number of hydrogen-bond acceptors (Lipinski definition) is 1. The molecule has 1 aliphatic rings. The Morgan fingerprint density at radius 2 is 2.11 bits per heavy atom. The van der Waals surface area contributed by atoms with E-state index in [1.54, 1.807) is 0 Å². The lowest BCUT2D eigenvalue weighted by atomic mass is 9.91. The van der Waals surface area contributed by atoms with Crippen molar-refractivity contribution < 1.29 is 4.79 Å². The molecule has 1 aliphatic heterocycles. The molecule has 1 atom stereocenters. The summed E-state index contributed by atoms with van der Waals surface area (Å²) in [6, 6.07) is 6.29. The van der Waals surface area contributed by atoms with E-state index in [2.05, 4.69) is 44.2 Å². The minimum Gasteiger partial charge on any atom is -0.312 e. The van der Waals surface area contributed by atoms with Gasteiger partial charge in [-0.05, 0) is 43.4 Å². The Kier molecular flexibility index (Phi) is 4.41. The molecule has 19 heavy (non-hydrogen) atoms. The topological polar surface area (TPSA) is 20.3 Å². The summed E-state index contributed by atoms with van der Waals surface area (Å²) in [5.41, 5.74) is 3.70. The zero-order chi connectivity index (χ0) is 13.8. The number of carbonyl (C=O) groups is 1. The zero-order valence-electron chi connectivity index (χ0n) is 12.1. The minimum atomic E-state index is 0.269. The molecule has 2 rings (SSSR count). The molecule has 0 fully saturated rings. The van der Waals surface area contributed by atoms with Gasteiger partial charge in [0, 0.05) is 18.7 Å². The smallest absolute Gasteiger partial charge is 0.227 e. The maximum absolute atomic E-state index is 12.4. The molecule has 2 nitrogen and oxygen atoms in total. The van der Waals surface area contributed by atoms with Gasteiger partial charge in [0.1, 0.15) is 0 Å². The summed E-state index contributed by atoms with van der Waals surface area (Å²) < 4.78 is 0. The van der Waals surface area contributed by atoms with Gasteiger partial charge in [-0.3, -0.25) is 4.79 Å². The van der Waals surface area contributed by atoms with E-state index >= 15 is 0 Å². The number of hydrogen-bond donors (Lipinski definition) is 0. The number of fused-ring (bicyclic) bond motifs is 1. The van der Waals surface area contributed by atoms with Gasteiger partial charge in [-0.1, -0.05) is 37.6 Å². The average molecular weight is 257 g/mol. The molecule has 0 bridgehead atoms. The highest BCUT2D eigenvalue weighted by Gasteiger charge is 2.26. The van der Waals surface area contributed by atoms with Crippen molar-refractivity contribution in [1.82, 2.24) is 0 Å². The highest BCUT2D eigenvalue weighted by molar-refractivity contribution is 5.95. The fourth-order valence-corrected chi connectivity index (χ4v) is 2.89. The number of benzene rings is 1. The van der Waals surface area contributed by atoms with Crippen molar-refractivity contribution in [1.29, 1.82) is 0 Å². The van der Waals surface area contributed by atoms with Crippen LogP contribution in [0.1, 0.15) is 44.7 Å². The van der Waals surface area contributed by atoms with Crippen LogP contribution in [-0.2, 0) is 11.2 Å². The van der Waals surface area contributed by atoms with Crippen molar-refractivity contribution in [2.24, 2.45) is 5.92 Å². The monoisotopic (exact) mass is 257 g/mol. The molecule has 0 saturated heterocycles. The highest BCUT2D eigenvalue weighted by atomic mass is 16.2. The van der Waals surface area contributed by atoms with Crippen LogP contribution in [0.5, 0.6) is 0 Å². The number of nitrogens with zero attached hydrogens (tertiary/aromatic N) is 1. The van der Waals surface area contributed by atoms with Crippen LogP contribution < -0.4 is 4.90 Å². The first-order chi connectivity index (χ1) is 9.21. The summed E-state index contributed by atoms with van der Waals surface area (Å²) in [6.07, 6.45) is 6.96. The normalized spacial score (nSPS) is 19.6. The second-order valence-corrected chi connectivity index (χ2v) is 5.17. The maximum Gasteiger partial charge on any atom is 0.227 e. The Bertz CT molecular complexity index is 490. The molecule has 1 heterocycles. The predicted molar refractivity (Wildman–Crippen MR) is 81.3 cm³/mol. The molecule has 0 saturated carbocycles. The lowest BCUT2D eigenvalue weighted by Crippen LogP contribution is -2.30. The molecule has 0 aromatic heterocycles. The van der Waals surface area contributed by atoms with Crippen molar-refractivity contribution in [3.05, 3.63) is 35.4 Å². The van der Waals surface area contributed by atoms with Crippen LogP contribution in [0.3, 0.4) is 0 Å². The molecule has 1 aromatic rings. The van der Waals surface area contributed by atoms with Gasteiger partial charge < -0.3 is 4.90 Å². The van der Waals surface area contributed by atoms with Crippen LogP contribution in [-0.4, -0.2) is 12.5 Å². The molecule has 102 valence electrons. The Balaban J connectivity index is 2.55. The molecule has 1 aromatic carbocycles. The molecule has 0 spiro atoms. The fraction of sp³-hybridized carbons (Fsp3) is 0.471. The number of rotatable bonds is 3. The van der Waals surface area contributed by atoms with Crippen molar-refractivity contribution in [3.8, 4) is 0 Å². The summed E-state index contributed by atoms with van der Waals surface area (Å²) in [4.78, 5) is 14.3. The maximum atomic E-state index is 12.4. The van der Waals surface area contributed by atoms with Gasteiger partial charge in [0.25, 0.3) is 0 Å². The Morgan fingerprint density at radius 3 is 2.74 bits per heavy atom. The van der Waals surface area contributed by atoms with E-state index in [0.29, 0.717) is 12.3 Å². The highest BCUT2D eigenvalue weighted by Crippen LogP contribution is 2.33. The molecule has 1 amide bonds. The third kappa shape index (κ3) is 2.73. The van der Waals surface area contributed by atoms with Crippen LogP contribution >= 0.6 is 0 Å². The van der Waals surface area contributed by atoms with Gasteiger partial charge >= 0.3 is 0 Å². The van der Waals surface area contributed by atoms with E-state index < -0.39 is 0 Å². The standard InChI is InChI=1S/C17H23NO/c1-4-8-14-9-7-10-16-15(14)11-13(5-2)12-17(19)18(16)6-3/h4,7-10,13H,5-6,11-12H2,1-3H3. The summed E-state index contributed by atoms with van der Waals surface area (Å²) in [5.74, 6) is 0.736. The summed E-state index contributed by atoms with van der Waals surface area (Å²) in [6.45, 7) is 7.02. The second kappa shape index (κ2) is 6.05. The SMILES string of the molecule is CC=Cc1cccc2c1CC(CC)CC(=O)N2CC. The Morgan fingerprint density at radius 1 is 1.32 bits per heavy atom. The number of anilines is 1. The van der Waals surface area contributed by atoms with Gasteiger partial charge in [-0.2, -0.15) is 0 Å². The fourth-order valence-electron chi connectivity index (χ4n) is 2.89.